The zero-order valence-electron chi connectivity index (χ0n) is 8.88. The molecule has 0 aromatic heterocycles. The van der Waals surface area contributed by atoms with Crippen molar-refractivity contribution in [3.05, 3.63) is 0 Å². The van der Waals surface area contributed by atoms with Gasteiger partial charge < -0.3 is 5.32 Å². The van der Waals surface area contributed by atoms with E-state index in [1.54, 1.807) is 0 Å². The van der Waals surface area contributed by atoms with Crippen molar-refractivity contribution < 1.29 is 0 Å². The van der Waals surface area contributed by atoms with Gasteiger partial charge in [0, 0.05) is 25.7 Å². The molecule has 2 nitrogen and oxygen atoms in total. The topological polar surface area (TPSA) is 15.3 Å². The molecule has 1 saturated heterocycles. The Kier molecular flexibility index (Phi) is 5.83. The molecule has 0 bridgehead atoms. The van der Waals surface area contributed by atoms with Gasteiger partial charge in [-0.05, 0) is 31.4 Å². The lowest BCUT2D eigenvalue weighted by Gasteiger charge is -2.33. The molecule has 0 aromatic rings. The van der Waals surface area contributed by atoms with Crippen LogP contribution in [-0.2, 0) is 0 Å². The van der Waals surface area contributed by atoms with Crippen LogP contribution in [0.1, 0.15) is 20.3 Å². The maximum Gasteiger partial charge on any atom is 0.0192 e. The summed E-state index contributed by atoms with van der Waals surface area (Å²) in [4.78, 5) is 2.60. The molecule has 1 aliphatic rings. The largest absolute Gasteiger partial charge is 0.314 e. The molecule has 0 amide bonds. The van der Waals surface area contributed by atoms with Crippen LogP contribution in [-0.4, -0.2) is 48.6 Å². The molecule has 1 fully saturated rings. The van der Waals surface area contributed by atoms with Crippen LogP contribution < -0.4 is 5.32 Å². The van der Waals surface area contributed by atoms with Gasteiger partial charge in [0.15, 0.2) is 0 Å². The van der Waals surface area contributed by atoms with Gasteiger partial charge in [-0.25, -0.2) is 0 Å². The van der Waals surface area contributed by atoms with Crippen molar-refractivity contribution in [1.82, 2.24) is 10.2 Å². The fourth-order valence-corrected chi connectivity index (χ4v) is 2.35. The highest BCUT2D eigenvalue weighted by Gasteiger charge is 2.16. The molecular weight excluding hydrogens is 180 g/mol. The van der Waals surface area contributed by atoms with Gasteiger partial charge >= 0.3 is 0 Å². The van der Waals surface area contributed by atoms with E-state index in [9.17, 15) is 0 Å². The van der Waals surface area contributed by atoms with Crippen molar-refractivity contribution in [2.75, 3.05) is 37.7 Å². The first-order valence-corrected chi connectivity index (χ1v) is 6.52. The number of thioether (sulfide) groups is 1. The summed E-state index contributed by atoms with van der Waals surface area (Å²) in [5.74, 6) is 2.59. The van der Waals surface area contributed by atoms with Gasteiger partial charge in [-0.3, -0.25) is 4.90 Å². The molecule has 1 atom stereocenters. The Labute approximate surface area is 86.5 Å². The summed E-state index contributed by atoms with van der Waals surface area (Å²) in [6.07, 6.45) is 1.35. The average molecular weight is 202 g/mol. The fourth-order valence-electron chi connectivity index (χ4n) is 1.73. The molecule has 78 valence electrons. The normalized spacial score (nSPS) is 24.9. The molecule has 13 heavy (non-hydrogen) atoms. The molecule has 1 N–H and O–H groups in total. The Morgan fingerprint density at radius 1 is 1.54 bits per heavy atom. The predicted octanol–water partition coefficient (Wildman–Crippen LogP) is 1.42. The van der Waals surface area contributed by atoms with E-state index in [-0.39, 0.29) is 0 Å². The maximum atomic E-state index is 3.42. The van der Waals surface area contributed by atoms with Gasteiger partial charge in [-0.2, -0.15) is 11.8 Å². The molecule has 0 aromatic carbocycles. The minimum Gasteiger partial charge on any atom is -0.314 e. The van der Waals surface area contributed by atoms with E-state index >= 15 is 0 Å². The number of nitrogens with zero attached hydrogens (tertiary/aromatic N) is 1. The first-order valence-electron chi connectivity index (χ1n) is 5.37. The number of rotatable bonds is 5. The van der Waals surface area contributed by atoms with Crippen molar-refractivity contribution in [2.24, 2.45) is 0 Å². The highest BCUT2D eigenvalue weighted by atomic mass is 32.2. The number of nitrogens with one attached hydrogen (secondary N) is 1. The van der Waals surface area contributed by atoms with Gasteiger partial charge in [0.1, 0.15) is 0 Å². The fraction of sp³-hybridized carbons (Fsp3) is 1.00. The highest BCUT2D eigenvalue weighted by molar-refractivity contribution is 7.99. The minimum atomic E-state index is 0.736. The molecule has 0 saturated carbocycles. The molecule has 0 aliphatic carbocycles. The third-order valence-corrected chi connectivity index (χ3v) is 3.56. The number of hydrogen-bond donors (Lipinski definition) is 1. The Balaban J connectivity index is 2.05. The predicted molar refractivity (Wildman–Crippen MR) is 61.5 cm³/mol. The van der Waals surface area contributed by atoms with E-state index in [0.717, 1.165) is 6.04 Å². The Bertz CT molecular complexity index is 130. The van der Waals surface area contributed by atoms with Crippen LogP contribution in [0.4, 0.5) is 0 Å². The summed E-state index contributed by atoms with van der Waals surface area (Å²) < 4.78 is 0. The lowest BCUT2D eigenvalue weighted by Crippen LogP contribution is -2.49. The van der Waals surface area contributed by atoms with Crippen LogP contribution >= 0.6 is 11.8 Å². The lowest BCUT2D eigenvalue weighted by molar-refractivity contribution is 0.175. The number of hydrogen-bond acceptors (Lipinski definition) is 3. The Morgan fingerprint density at radius 3 is 3.08 bits per heavy atom. The Morgan fingerprint density at radius 2 is 2.38 bits per heavy atom. The first kappa shape index (κ1) is 11.3. The zero-order chi connectivity index (χ0) is 9.52. The summed E-state index contributed by atoms with van der Waals surface area (Å²) in [6, 6.07) is 0.736. The molecule has 1 rings (SSSR count). The van der Waals surface area contributed by atoms with Crippen LogP contribution in [0, 0.1) is 0 Å². The second kappa shape index (κ2) is 6.68. The smallest absolute Gasteiger partial charge is 0.0192 e. The monoisotopic (exact) mass is 202 g/mol. The van der Waals surface area contributed by atoms with Gasteiger partial charge in [-0.1, -0.05) is 6.92 Å². The molecule has 1 aliphatic heterocycles. The molecule has 1 heterocycles. The van der Waals surface area contributed by atoms with Crippen LogP contribution in [0.15, 0.2) is 0 Å². The van der Waals surface area contributed by atoms with E-state index < -0.39 is 0 Å². The Hall–Kier alpha value is 0.270. The van der Waals surface area contributed by atoms with Gasteiger partial charge in [0.05, 0.1) is 0 Å². The molecular formula is C10H22N2S. The van der Waals surface area contributed by atoms with Gasteiger partial charge in [0.25, 0.3) is 0 Å². The van der Waals surface area contributed by atoms with Gasteiger partial charge in [0.2, 0.25) is 0 Å². The summed E-state index contributed by atoms with van der Waals surface area (Å²) in [5, 5.41) is 3.42. The number of piperazine rings is 1. The average Bonchev–Trinajstić information content (AvgIpc) is 2.15. The van der Waals surface area contributed by atoms with E-state index in [2.05, 4.69) is 35.8 Å². The quantitative estimate of drug-likeness (QED) is 0.679. The van der Waals surface area contributed by atoms with Crippen molar-refractivity contribution in [3.63, 3.8) is 0 Å². The second-order valence-corrected chi connectivity index (χ2v) is 5.03. The van der Waals surface area contributed by atoms with E-state index in [1.165, 1.54) is 44.1 Å². The molecule has 3 heteroatoms. The van der Waals surface area contributed by atoms with E-state index in [1.807, 2.05) is 0 Å². The SMILES string of the molecule is CCSCCCN1CCNCC1C. The maximum absolute atomic E-state index is 3.42. The van der Waals surface area contributed by atoms with Crippen LogP contribution in [0.5, 0.6) is 0 Å². The van der Waals surface area contributed by atoms with Gasteiger partial charge in [-0.15, -0.1) is 0 Å². The zero-order valence-corrected chi connectivity index (χ0v) is 9.70. The van der Waals surface area contributed by atoms with E-state index in [4.69, 9.17) is 0 Å². The third-order valence-electron chi connectivity index (χ3n) is 2.58. The molecule has 0 radical (unpaired) electrons. The van der Waals surface area contributed by atoms with Crippen LogP contribution in [0.2, 0.25) is 0 Å². The third kappa shape index (κ3) is 4.34. The minimum absolute atomic E-state index is 0.736. The van der Waals surface area contributed by atoms with Crippen molar-refractivity contribution in [3.8, 4) is 0 Å². The molecule has 0 spiro atoms. The first-order chi connectivity index (χ1) is 6.34. The van der Waals surface area contributed by atoms with Crippen molar-refractivity contribution in [1.29, 1.82) is 0 Å². The summed E-state index contributed by atoms with van der Waals surface area (Å²) in [7, 11) is 0. The van der Waals surface area contributed by atoms with Crippen LogP contribution in [0.3, 0.4) is 0 Å². The molecule has 1 unspecified atom stereocenters. The van der Waals surface area contributed by atoms with Crippen molar-refractivity contribution >= 4 is 11.8 Å². The lowest BCUT2D eigenvalue weighted by atomic mass is 10.2. The summed E-state index contributed by atoms with van der Waals surface area (Å²) in [5.41, 5.74) is 0. The standard InChI is InChI=1S/C10H22N2S/c1-3-13-8-4-6-12-7-5-11-9-10(12)2/h10-11H,3-9H2,1-2H3. The highest BCUT2D eigenvalue weighted by Crippen LogP contribution is 2.06. The van der Waals surface area contributed by atoms with Crippen LogP contribution in [0.25, 0.3) is 0 Å². The second-order valence-electron chi connectivity index (χ2n) is 3.64. The van der Waals surface area contributed by atoms with E-state index in [0.29, 0.717) is 0 Å². The van der Waals surface area contributed by atoms with Crippen molar-refractivity contribution in [2.45, 2.75) is 26.3 Å². The summed E-state index contributed by atoms with van der Waals surface area (Å²) >= 11 is 2.06. The summed E-state index contributed by atoms with van der Waals surface area (Å²) in [6.45, 7) is 9.41.